The van der Waals surface area contributed by atoms with E-state index in [-0.39, 0.29) is 19.0 Å². The first kappa shape index (κ1) is 15.6. The Kier molecular flexibility index (Phi) is 4.38. The third-order valence-electron chi connectivity index (χ3n) is 3.57. The standard InChI is InChI=1S/C15H13ClF2N4O/c16-11-6-19-15(20-7-11)22-4-3-21(14(23)9-22)8-10-1-2-12(17)13(18)5-10/h1-2,5-7H,3-4,8-9H2. The van der Waals surface area contributed by atoms with Gasteiger partial charge >= 0.3 is 0 Å². The van der Waals surface area contributed by atoms with Crippen LogP contribution in [-0.2, 0) is 11.3 Å². The maximum absolute atomic E-state index is 13.2. The van der Waals surface area contributed by atoms with Crippen molar-refractivity contribution in [1.29, 1.82) is 0 Å². The molecule has 23 heavy (non-hydrogen) atoms. The van der Waals surface area contributed by atoms with Gasteiger partial charge in [-0.2, -0.15) is 0 Å². The Labute approximate surface area is 136 Å². The molecule has 1 aliphatic rings. The number of hydrogen-bond acceptors (Lipinski definition) is 4. The first-order valence-corrected chi connectivity index (χ1v) is 7.35. The molecule has 0 unspecified atom stereocenters. The molecule has 0 saturated carbocycles. The van der Waals surface area contributed by atoms with Gasteiger partial charge in [-0.05, 0) is 17.7 Å². The van der Waals surface area contributed by atoms with Crippen LogP contribution in [0.3, 0.4) is 0 Å². The molecule has 0 radical (unpaired) electrons. The van der Waals surface area contributed by atoms with Crippen molar-refractivity contribution in [2.75, 3.05) is 24.5 Å². The molecule has 1 aliphatic heterocycles. The summed E-state index contributed by atoms with van der Waals surface area (Å²) in [5, 5.41) is 0.428. The minimum Gasteiger partial charge on any atom is -0.335 e. The van der Waals surface area contributed by atoms with E-state index in [0.29, 0.717) is 29.6 Å². The molecule has 1 aromatic heterocycles. The number of halogens is 3. The third kappa shape index (κ3) is 3.56. The molecule has 1 amide bonds. The zero-order chi connectivity index (χ0) is 16.4. The normalized spacial score (nSPS) is 15.2. The van der Waals surface area contributed by atoms with Crippen LogP contribution in [0.4, 0.5) is 14.7 Å². The van der Waals surface area contributed by atoms with Gasteiger partial charge in [0.05, 0.1) is 17.4 Å². The highest BCUT2D eigenvalue weighted by Gasteiger charge is 2.25. The van der Waals surface area contributed by atoms with E-state index in [1.807, 2.05) is 0 Å². The van der Waals surface area contributed by atoms with Crippen LogP contribution in [0.5, 0.6) is 0 Å². The molecule has 120 valence electrons. The van der Waals surface area contributed by atoms with Crippen LogP contribution < -0.4 is 4.90 Å². The van der Waals surface area contributed by atoms with Gasteiger partial charge in [-0.1, -0.05) is 17.7 Å². The van der Waals surface area contributed by atoms with Crippen molar-refractivity contribution in [2.45, 2.75) is 6.54 Å². The molecule has 3 rings (SSSR count). The number of aromatic nitrogens is 2. The van der Waals surface area contributed by atoms with E-state index in [0.717, 1.165) is 12.1 Å². The SMILES string of the molecule is O=C1CN(c2ncc(Cl)cn2)CCN1Cc1ccc(F)c(F)c1. The van der Waals surface area contributed by atoms with E-state index in [2.05, 4.69) is 9.97 Å². The largest absolute Gasteiger partial charge is 0.335 e. The summed E-state index contributed by atoms with van der Waals surface area (Å²) in [5.74, 6) is -1.50. The fourth-order valence-electron chi connectivity index (χ4n) is 2.37. The molecule has 0 spiro atoms. The van der Waals surface area contributed by atoms with Gasteiger partial charge in [0.25, 0.3) is 0 Å². The zero-order valence-electron chi connectivity index (χ0n) is 12.0. The van der Waals surface area contributed by atoms with E-state index in [1.165, 1.54) is 18.5 Å². The average Bonchev–Trinajstić information content (AvgIpc) is 2.53. The highest BCUT2D eigenvalue weighted by Crippen LogP contribution is 2.16. The summed E-state index contributed by atoms with van der Waals surface area (Å²) in [6, 6.07) is 3.64. The van der Waals surface area contributed by atoms with E-state index >= 15 is 0 Å². The number of hydrogen-bond donors (Lipinski definition) is 0. The van der Waals surface area contributed by atoms with Crippen LogP contribution in [0.2, 0.25) is 5.02 Å². The van der Waals surface area contributed by atoms with Crippen molar-refractivity contribution >= 4 is 23.5 Å². The molecular weight excluding hydrogens is 326 g/mol. The Morgan fingerprint density at radius 1 is 1.13 bits per heavy atom. The molecule has 2 heterocycles. The molecule has 1 saturated heterocycles. The van der Waals surface area contributed by atoms with E-state index < -0.39 is 11.6 Å². The average molecular weight is 339 g/mol. The molecule has 0 aliphatic carbocycles. The van der Waals surface area contributed by atoms with Gasteiger partial charge in [-0.25, -0.2) is 18.7 Å². The van der Waals surface area contributed by atoms with Crippen LogP contribution in [0.15, 0.2) is 30.6 Å². The summed E-state index contributed by atoms with van der Waals surface area (Å²) < 4.78 is 26.2. The highest BCUT2D eigenvalue weighted by molar-refractivity contribution is 6.30. The lowest BCUT2D eigenvalue weighted by Gasteiger charge is -2.34. The summed E-state index contributed by atoms with van der Waals surface area (Å²) in [5.41, 5.74) is 0.549. The number of benzene rings is 1. The lowest BCUT2D eigenvalue weighted by atomic mass is 10.2. The van der Waals surface area contributed by atoms with Gasteiger partial charge in [0.15, 0.2) is 11.6 Å². The second-order valence-corrected chi connectivity index (χ2v) is 5.62. The molecule has 0 atom stereocenters. The fourth-order valence-corrected chi connectivity index (χ4v) is 2.47. The number of rotatable bonds is 3. The third-order valence-corrected chi connectivity index (χ3v) is 3.76. The summed E-state index contributed by atoms with van der Waals surface area (Å²) in [6.45, 7) is 1.37. The quantitative estimate of drug-likeness (QED) is 0.861. The van der Waals surface area contributed by atoms with Crippen LogP contribution in [0.25, 0.3) is 0 Å². The zero-order valence-corrected chi connectivity index (χ0v) is 12.8. The van der Waals surface area contributed by atoms with Gasteiger partial charge in [0, 0.05) is 19.6 Å². The number of piperazine rings is 1. The van der Waals surface area contributed by atoms with Crippen molar-refractivity contribution in [2.24, 2.45) is 0 Å². The number of anilines is 1. The van der Waals surface area contributed by atoms with Crippen molar-refractivity contribution in [3.8, 4) is 0 Å². The number of amides is 1. The van der Waals surface area contributed by atoms with Crippen LogP contribution >= 0.6 is 11.6 Å². The van der Waals surface area contributed by atoms with E-state index in [9.17, 15) is 13.6 Å². The Hall–Kier alpha value is -2.28. The van der Waals surface area contributed by atoms with Gasteiger partial charge in [0.2, 0.25) is 11.9 Å². The number of carbonyl (C=O) groups excluding carboxylic acids is 1. The number of nitrogens with zero attached hydrogens (tertiary/aromatic N) is 4. The van der Waals surface area contributed by atoms with E-state index in [4.69, 9.17) is 11.6 Å². The minimum atomic E-state index is -0.914. The Balaban J connectivity index is 1.65. The monoisotopic (exact) mass is 338 g/mol. The van der Waals surface area contributed by atoms with Crippen LogP contribution in [-0.4, -0.2) is 40.4 Å². The van der Waals surface area contributed by atoms with Crippen LogP contribution in [0.1, 0.15) is 5.56 Å². The Morgan fingerprint density at radius 3 is 2.52 bits per heavy atom. The van der Waals surface area contributed by atoms with Gasteiger partial charge < -0.3 is 9.80 Å². The predicted molar refractivity (Wildman–Crippen MR) is 81.0 cm³/mol. The molecule has 0 bridgehead atoms. The second kappa shape index (κ2) is 6.45. The summed E-state index contributed by atoms with van der Waals surface area (Å²) in [4.78, 5) is 23.8. The molecule has 2 aromatic rings. The Morgan fingerprint density at radius 2 is 1.87 bits per heavy atom. The van der Waals surface area contributed by atoms with Crippen molar-refractivity contribution in [3.05, 3.63) is 52.8 Å². The lowest BCUT2D eigenvalue weighted by Crippen LogP contribution is -2.50. The van der Waals surface area contributed by atoms with Crippen molar-refractivity contribution in [1.82, 2.24) is 14.9 Å². The van der Waals surface area contributed by atoms with Gasteiger partial charge in [-0.3, -0.25) is 4.79 Å². The molecule has 1 fully saturated rings. The topological polar surface area (TPSA) is 49.3 Å². The second-order valence-electron chi connectivity index (χ2n) is 5.19. The number of carbonyl (C=O) groups is 1. The van der Waals surface area contributed by atoms with Gasteiger partial charge in [0.1, 0.15) is 6.54 Å². The summed E-state index contributed by atoms with van der Waals surface area (Å²) >= 11 is 5.74. The predicted octanol–water partition coefficient (Wildman–Crippen LogP) is 2.26. The molecule has 8 heteroatoms. The first-order valence-electron chi connectivity index (χ1n) is 6.97. The van der Waals surface area contributed by atoms with Crippen molar-refractivity contribution < 1.29 is 13.6 Å². The molecular formula is C15H13ClF2N4O. The molecule has 0 N–H and O–H groups in total. The fraction of sp³-hybridized carbons (Fsp3) is 0.267. The molecule has 1 aromatic carbocycles. The Bertz CT molecular complexity index is 726. The highest BCUT2D eigenvalue weighted by atomic mass is 35.5. The maximum Gasteiger partial charge on any atom is 0.242 e. The minimum absolute atomic E-state index is 0.125. The lowest BCUT2D eigenvalue weighted by molar-refractivity contribution is -0.131. The smallest absolute Gasteiger partial charge is 0.242 e. The summed E-state index contributed by atoms with van der Waals surface area (Å²) in [6.07, 6.45) is 2.95. The van der Waals surface area contributed by atoms with Gasteiger partial charge in [-0.15, -0.1) is 0 Å². The van der Waals surface area contributed by atoms with E-state index in [1.54, 1.807) is 9.80 Å². The van der Waals surface area contributed by atoms with Crippen LogP contribution in [0, 0.1) is 11.6 Å². The summed E-state index contributed by atoms with van der Waals surface area (Å²) in [7, 11) is 0. The maximum atomic E-state index is 13.2. The first-order chi connectivity index (χ1) is 11.0. The van der Waals surface area contributed by atoms with Crippen molar-refractivity contribution in [3.63, 3.8) is 0 Å². The molecule has 5 nitrogen and oxygen atoms in total.